The molecule has 0 amide bonds. The lowest BCUT2D eigenvalue weighted by molar-refractivity contribution is 0.349. The van der Waals surface area contributed by atoms with Crippen LogP contribution >= 0.6 is 11.8 Å². The second-order valence-corrected chi connectivity index (χ2v) is 5.95. The van der Waals surface area contributed by atoms with Gasteiger partial charge in [-0.15, -0.1) is 11.8 Å². The van der Waals surface area contributed by atoms with Crippen LogP contribution in [0, 0.1) is 6.92 Å². The number of aromatic nitrogens is 2. The molecule has 2 aromatic rings. The van der Waals surface area contributed by atoms with Crippen molar-refractivity contribution < 1.29 is 4.52 Å². The molecule has 20 heavy (non-hydrogen) atoms. The van der Waals surface area contributed by atoms with Crippen molar-refractivity contribution >= 4 is 11.8 Å². The molecule has 0 spiro atoms. The zero-order valence-corrected chi connectivity index (χ0v) is 12.8. The van der Waals surface area contributed by atoms with E-state index in [4.69, 9.17) is 10.3 Å². The summed E-state index contributed by atoms with van der Waals surface area (Å²) in [6.07, 6.45) is 1.97. The van der Waals surface area contributed by atoms with E-state index in [9.17, 15) is 0 Å². The van der Waals surface area contributed by atoms with Crippen LogP contribution in [0.15, 0.2) is 33.7 Å². The highest BCUT2D eigenvalue weighted by molar-refractivity contribution is 7.98. The molecule has 1 aromatic heterocycles. The molecule has 2 N–H and O–H groups in total. The summed E-state index contributed by atoms with van der Waals surface area (Å²) in [5.74, 6) is 2.49. The zero-order valence-electron chi connectivity index (χ0n) is 12.0. The Morgan fingerprint density at radius 1 is 1.35 bits per heavy atom. The molecule has 0 aliphatic carbocycles. The smallest absolute Gasteiger partial charge is 0.229 e. The van der Waals surface area contributed by atoms with Crippen LogP contribution in [-0.4, -0.2) is 16.7 Å². The summed E-state index contributed by atoms with van der Waals surface area (Å²) in [4.78, 5) is 5.73. The van der Waals surface area contributed by atoms with Gasteiger partial charge >= 0.3 is 0 Å². The SMILES string of the molecule is Cc1ccccc1SCc1noc(C(C)CCCN)n1. The molecule has 1 atom stereocenters. The van der Waals surface area contributed by atoms with E-state index in [1.54, 1.807) is 11.8 Å². The molecule has 1 unspecified atom stereocenters. The zero-order chi connectivity index (χ0) is 14.4. The largest absolute Gasteiger partial charge is 0.339 e. The minimum Gasteiger partial charge on any atom is -0.339 e. The number of nitrogens with zero attached hydrogens (tertiary/aromatic N) is 2. The average Bonchev–Trinajstić information content (AvgIpc) is 2.93. The molecule has 0 radical (unpaired) electrons. The predicted octanol–water partition coefficient (Wildman–Crippen LogP) is 3.51. The first-order valence-electron chi connectivity index (χ1n) is 6.91. The third-order valence-corrected chi connectivity index (χ3v) is 4.37. The Bertz CT molecular complexity index is 541. The number of nitrogens with two attached hydrogens (primary N) is 1. The molecule has 1 heterocycles. The second kappa shape index (κ2) is 7.45. The standard InChI is InChI=1S/C15H21N3OS/c1-11-6-3-4-8-13(11)20-10-14-17-15(19-18-14)12(2)7-5-9-16/h3-4,6,8,12H,5,7,9-10,16H2,1-2H3. The number of thioether (sulfide) groups is 1. The maximum atomic E-state index is 5.52. The van der Waals surface area contributed by atoms with Gasteiger partial charge in [0.15, 0.2) is 5.82 Å². The molecule has 4 nitrogen and oxygen atoms in total. The van der Waals surface area contributed by atoms with Gasteiger partial charge in [-0.05, 0) is 37.9 Å². The fraction of sp³-hybridized carbons (Fsp3) is 0.467. The molecule has 1 aromatic carbocycles. The van der Waals surface area contributed by atoms with Crippen LogP contribution in [0.25, 0.3) is 0 Å². The van der Waals surface area contributed by atoms with Crippen molar-refractivity contribution in [2.24, 2.45) is 5.73 Å². The van der Waals surface area contributed by atoms with Gasteiger partial charge in [0.25, 0.3) is 0 Å². The van der Waals surface area contributed by atoms with Crippen molar-refractivity contribution in [1.29, 1.82) is 0 Å². The first-order valence-corrected chi connectivity index (χ1v) is 7.90. The topological polar surface area (TPSA) is 64.9 Å². The molecule has 0 aliphatic heterocycles. The Hall–Kier alpha value is -1.33. The van der Waals surface area contributed by atoms with E-state index in [0.29, 0.717) is 6.54 Å². The predicted molar refractivity (Wildman–Crippen MR) is 81.7 cm³/mol. The molecule has 0 aliphatic rings. The van der Waals surface area contributed by atoms with Crippen molar-refractivity contribution in [3.05, 3.63) is 41.5 Å². The van der Waals surface area contributed by atoms with Crippen LogP contribution in [0.5, 0.6) is 0 Å². The van der Waals surface area contributed by atoms with Crippen molar-refractivity contribution in [2.45, 2.75) is 43.3 Å². The van der Waals surface area contributed by atoms with Crippen LogP contribution in [-0.2, 0) is 5.75 Å². The van der Waals surface area contributed by atoms with Crippen LogP contribution in [0.1, 0.15) is 43.0 Å². The highest BCUT2D eigenvalue weighted by atomic mass is 32.2. The summed E-state index contributed by atoms with van der Waals surface area (Å²) in [7, 11) is 0. The van der Waals surface area contributed by atoms with Gasteiger partial charge in [-0.1, -0.05) is 30.3 Å². The second-order valence-electron chi connectivity index (χ2n) is 4.93. The molecule has 0 bridgehead atoms. The van der Waals surface area contributed by atoms with Crippen LogP contribution < -0.4 is 5.73 Å². The average molecular weight is 291 g/mol. The van der Waals surface area contributed by atoms with E-state index in [1.807, 2.05) is 12.1 Å². The van der Waals surface area contributed by atoms with Gasteiger partial charge in [0.1, 0.15) is 0 Å². The Kier molecular flexibility index (Phi) is 5.61. The van der Waals surface area contributed by atoms with Gasteiger partial charge in [0.2, 0.25) is 5.89 Å². The minimum absolute atomic E-state index is 0.281. The van der Waals surface area contributed by atoms with Gasteiger partial charge in [-0.25, -0.2) is 0 Å². The summed E-state index contributed by atoms with van der Waals surface area (Å²) in [6.45, 7) is 4.91. The van der Waals surface area contributed by atoms with E-state index in [1.165, 1.54) is 10.5 Å². The molecule has 0 fully saturated rings. The molecule has 5 heteroatoms. The lowest BCUT2D eigenvalue weighted by Crippen LogP contribution is -2.02. The lowest BCUT2D eigenvalue weighted by atomic mass is 10.1. The third-order valence-electron chi connectivity index (χ3n) is 3.20. The Morgan fingerprint density at radius 2 is 2.15 bits per heavy atom. The molecular formula is C15H21N3OS. The highest BCUT2D eigenvalue weighted by Gasteiger charge is 2.14. The Balaban J connectivity index is 1.91. The molecule has 0 saturated carbocycles. The van der Waals surface area contributed by atoms with E-state index in [0.717, 1.165) is 30.3 Å². The van der Waals surface area contributed by atoms with Crippen molar-refractivity contribution in [3.8, 4) is 0 Å². The molecule has 108 valence electrons. The van der Waals surface area contributed by atoms with E-state index >= 15 is 0 Å². The third kappa shape index (κ3) is 4.08. The fourth-order valence-corrected chi connectivity index (χ4v) is 2.81. The molecular weight excluding hydrogens is 270 g/mol. The van der Waals surface area contributed by atoms with Crippen LogP contribution in [0.2, 0.25) is 0 Å². The van der Waals surface area contributed by atoms with Crippen LogP contribution in [0.3, 0.4) is 0 Å². The lowest BCUT2D eigenvalue weighted by Gasteiger charge is -2.03. The van der Waals surface area contributed by atoms with Gasteiger partial charge in [0.05, 0.1) is 5.75 Å². The van der Waals surface area contributed by atoms with Gasteiger partial charge in [0, 0.05) is 10.8 Å². The van der Waals surface area contributed by atoms with E-state index in [-0.39, 0.29) is 5.92 Å². The maximum Gasteiger partial charge on any atom is 0.229 e. The van der Waals surface area contributed by atoms with Crippen molar-refractivity contribution in [3.63, 3.8) is 0 Å². The first kappa shape index (κ1) is 15.1. The highest BCUT2D eigenvalue weighted by Crippen LogP contribution is 2.25. The monoisotopic (exact) mass is 291 g/mol. The summed E-state index contributed by atoms with van der Waals surface area (Å²) in [5.41, 5.74) is 6.79. The fourth-order valence-electron chi connectivity index (χ4n) is 1.93. The first-order chi connectivity index (χ1) is 9.70. The van der Waals surface area contributed by atoms with Gasteiger partial charge in [-0.3, -0.25) is 0 Å². The number of aryl methyl sites for hydroxylation is 1. The minimum atomic E-state index is 0.281. The maximum absolute atomic E-state index is 5.52. The molecule has 2 rings (SSSR count). The summed E-state index contributed by atoms with van der Waals surface area (Å²) < 4.78 is 5.33. The summed E-state index contributed by atoms with van der Waals surface area (Å²) >= 11 is 1.74. The molecule has 0 saturated heterocycles. The number of hydrogen-bond donors (Lipinski definition) is 1. The quantitative estimate of drug-likeness (QED) is 0.791. The van der Waals surface area contributed by atoms with Gasteiger partial charge in [-0.2, -0.15) is 4.98 Å². The van der Waals surface area contributed by atoms with Gasteiger partial charge < -0.3 is 10.3 Å². The van der Waals surface area contributed by atoms with E-state index in [2.05, 4.69) is 36.1 Å². The Morgan fingerprint density at radius 3 is 2.90 bits per heavy atom. The number of benzene rings is 1. The van der Waals surface area contributed by atoms with Crippen LogP contribution in [0.4, 0.5) is 0 Å². The summed E-state index contributed by atoms with van der Waals surface area (Å²) in [6, 6.07) is 8.32. The normalized spacial score (nSPS) is 12.6. The number of hydrogen-bond acceptors (Lipinski definition) is 5. The van der Waals surface area contributed by atoms with Crippen molar-refractivity contribution in [2.75, 3.05) is 6.54 Å². The Labute approximate surface area is 124 Å². The van der Waals surface area contributed by atoms with Crippen molar-refractivity contribution in [1.82, 2.24) is 10.1 Å². The number of rotatable bonds is 7. The van der Waals surface area contributed by atoms with E-state index < -0.39 is 0 Å². The summed E-state index contributed by atoms with van der Waals surface area (Å²) in [5, 5.41) is 4.05.